The lowest BCUT2D eigenvalue weighted by molar-refractivity contribution is -0.122. The summed E-state index contributed by atoms with van der Waals surface area (Å²) < 4.78 is 0. The molecule has 6 heteroatoms. The standard InChI is InChI=1S/C17H25N3O2.ClH/c1-4-17(10-5-11-18-17)16(22)20-14-8-6-13(7-9-14)19-15(21)12(2)3;/h6-9,12,18H,4-5,10-11H2,1-3H3,(H,19,21)(H,20,22);1H. The van der Waals surface area contributed by atoms with Crippen molar-refractivity contribution >= 4 is 35.6 Å². The van der Waals surface area contributed by atoms with Gasteiger partial charge in [-0.05, 0) is 50.1 Å². The molecule has 1 saturated heterocycles. The first kappa shape index (κ1) is 19.5. The van der Waals surface area contributed by atoms with Crippen LogP contribution < -0.4 is 16.0 Å². The molecule has 3 N–H and O–H groups in total. The number of amides is 2. The SMILES string of the molecule is CCC1(C(=O)Nc2ccc(NC(=O)C(C)C)cc2)CCCN1.Cl. The van der Waals surface area contributed by atoms with E-state index >= 15 is 0 Å². The summed E-state index contributed by atoms with van der Waals surface area (Å²) in [6.45, 7) is 6.62. The molecule has 23 heavy (non-hydrogen) atoms. The number of benzene rings is 1. The van der Waals surface area contributed by atoms with E-state index in [1.54, 1.807) is 12.1 Å². The Labute approximate surface area is 144 Å². The van der Waals surface area contributed by atoms with Gasteiger partial charge in [-0.1, -0.05) is 20.8 Å². The summed E-state index contributed by atoms with van der Waals surface area (Å²) in [7, 11) is 0. The molecule has 0 aliphatic carbocycles. The second kappa shape index (κ2) is 8.31. The maximum Gasteiger partial charge on any atom is 0.244 e. The molecule has 0 spiro atoms. The van der Waals surface area contributed by atoms with Gasteiger partial charge in [0.2, 0.25) is 11.8 Å². The van der Waals surface area contributed by atoms with E-state index in [0.29, 0.717) is 0 Å². The Balaban J connectivity index is 0.00000264. The molecule has 1 aliphatic heterocycles. The van der Waals surface area contributed by atoms with Gasteiger partial charge in [-0.3, -0.25) is 9.59 Å². The van der Waals surface area contributed by atoms with Crippen LogP contribution >= 0.6 is 12.4 Å². The zero-order valence-corrected chi connectivity index (χ0v) is 14.8. The number of carbonyl (C=O) groups excluding carboxylic acids is 2. The van der Waals surface area contributed by atoms with Crippen molar-refractivity contribution in [3.63, 3.8) is 0 Å². The van der Waals surface area contributed by atoms with Crippen LogP contribution in [0.5, 0.6) is 0 Å². The molecular weight excluding hydrogens is 314 g/mol. The van der Waals surface area contributed by atoms with Crippen molar-refractivity contribution in [2.75, 3.05) is 17.2 Å². The Morgan fingerprint density at radius 2 is 1.74 bits per heavy atom. The smallest absolute Gasteiger partial charge is 0.244 e. The van der Waals surface area contributed by atoms with Crippen LogP contribution in [0.15, 0.2) is 24.3 Å². The average Bonchev–Trinajstić information content (AvgIpc) is 2.99. The van der Waals surface area contributed by atoms with Gasteiger partial charge in [-0.25, -0.2) is 0 Å². The predicted octanol–water partition coefficient (Wildman–Crippen LogP) is 3.17. The number of nitrogens with one attached hydrogen (secondary N) is 3. The van der Waals surface area contributed by atoms with Gasteiger partial charge in [0.15, 0.2) is 0 Å². The first-order valence-corrected chi connectivity index (χ1v) is 7.94. The summed E-state index contributed by atoms with van der Waals surface area (Å²) in [6, 6.07) is 7.23. The lowest BCUT2D eigenvalue weighted by Crippen LogP contribution is -2.50. The number of rotatable bonds is 5. The van der Waals surface area contributed by atoms with Gasteiger partial charge in [0.1, 0.15) is 0 Å². The average molecular weight is 340 g/mol. The van der Waals surface area contributed by atoms with Crippen LogP contribution in [0.25, 0.3) is 0 Å². The second-order valence-electron chi connectivity index (χ2n) is 6.14. The van der Waals surface area contributed by atoms with Crippen molar-refractivity contribution in [3.8, 4) is 0 Å². The minimum absolute atomic E-state index is 0. The van der Waals surface area contributed by atoms with Crippen LogP contribution in [-0.4, -0.2) is 23.9 Å². The molecule has 2 amide bonds. The maximum absolute atomic E-state index is 12.5. The molecule has 1 heterocycles. The predicted molar refractivity (Wildman–Crippen MR) is 96.0 cm³/mol. The lowest BCUT2D eigenvalue weighted by Gasteiger charge is -2.26. The van der Waals surface area contributed by atoms with Gasteiger partial charge < -0.3 is 16.0 Å². The van der Waals surface area contributed by atoms with E-state index in [0.717, 1.165) is 37.2 Å². The molecule has 2 rings (SSSR count). The van der Waals surface area contributed by atoms with Gasteiger partial charge in [-0.2, -0.15) is 0 Å². The maximum atomic E-state index is 12.5. The zero-order chi connectivity index (χ0) is 16.2. The van der Waals surface area contributed by atoms with Gasteiger partial charge in [-0.15, -0.1) is 12.4 Å². The first-order valence-electron chi connectivity index (χ1n) is 7.94. The molecule has 1 atom stereocenters. The van der Waals surface area contributed by atoms with Crippen molar-refractivity contribution < 1.29 is 9.59 Å². The third-order valence-corrected chi connectivity index (χ3v) is 4.22. The zero-order valence-electron chi connectivity index (χ0n) is 13.9. The number of halogens is 1. The molecule has 0 aromatic heterocycles. The van der Waals surface area contributed by atoms with Crippen LogP contribution in [0.3, 0.4) is 0 Å². The molecular formula is C17H26ClN3O2. The molecule has 0 bridgehead atoms. The minimum Gasteiger partial charge on any atom is -0.326 e. The van der Waals surface area contributed by atoms with E-state index in [1.165, 1.54) is 0 Å². The monoisotopic (exact) mass is 339 g/mol. The van der Waals surface area contributed by atoms with Crippen molar-refractivity contribution in [1.29, 1.82) is 0 Å². The normalized spacial score (nSPS) is 20.0. The quantitative estimate of drug-likeness (QED) is 0.771. The largest absolute Gasteiger partial charge is 0.326 e. The molecule has 128 valence electrons. The fraction of sp³-hybridized carbons (Fsp3) is 0.529. The summed E-state index contributed by atoms with van der Waals surface area (Å²) >= 11 is 0. The number of hydrogen-bond acceptors (Lipinski definition) is 3. The highest BCUT2D eigenvalue weighted by Crippen LogP contribution is 2.25. The Kier molecular flexibility index (Phi) is 7.03. The van der Waals surface area contributed by atoms with E-state index in [4.69, 9.17) is 0 Å². The third-order valence-electron chi connectivity index (χ3n) is 4.22. The Hall–Kier alpha value is -1.59. The van der Waals surface area contributed by atoms with Crippen molar-refractivity contribution in [2.45, 2.75) is 45.6 Å². The van der Waals surface area contributed by atoms with E-state index in [1.807, 2.05) is 32.9 Å². The van der Waals surface area contributed by atoms with Crippen molar-refractivity contribution in [1.82, 2.24) is 5.32 Å². The van der Waals surface area contributed by atoms with E-state index < -0.39 is 5.54 Å². The highest BCUT2D eigenvalue weighted by Gasteiger charge is 2.38. The van der Waals surface area contributed by atoms with Crippen LogP contribution in [-0.2, 0) is 9.59 Å². The summed E-state index contributed by atoms with van der Waals surface area (Å²) in [5, 5.41) is 9.12. The Bertz CT molecular complexity index is 537. The van der Waals surface area contributed by atoms with Crippen LogP contribution in [0.2, 0.25) is 0 Å². The second-order valence-corrected chi connectivity index (χ2v) is 6.14. The van der Waals surface area contributed by atoms with Crippen molar-refractivity contribution in [3.05, 3.63) is 24.3 Å². The van der Waals surface area contributed by atoms with E-state index in [9.17, 15) is 9.59 Å². The molecule has 0 saturated carbocycles. The molecule has 5 nitrogen and oxygen atoms in total. The first-order chi connectivity index (χ1) is 10.5. The molecule has 1 aliphatic rings. The van der Waals surface area contributed by atoms with E-state index in [2.05, 4.69) is 16.0 Å². The van der Waals surface area contributed by atoms with E-state index in [-0.39, 0.29) is 30.1 Å². The Morgan fingerprint density at radius 1 is 1.17 bits per heavy atom. The van der Waals surface area contributed by atoms with Gasteiger partial charge >= 0.3 is 0 Å². The fourth-order valence-corrected chi connectivity index (χ4v) is 2.64. The number of anilines is 2. The Morgan fingerprint density at radius 3 is 2.17 bits per heavy atom. The van der Waals surface area contributed by atoms with Gasteiger partial charge in [0, 0.05) is 17.3 Å². The molecule has 1 unspecified atom stereocenters. The van der Waals surface area contributed by atoms with Crippen molar-refractivity contribution in [2.24, 2.45) is 5.92 Å². The molecule has 0 radical (unpaired) electrons. The summed E-state index contributed by atoms with van der Waals surface area (Å²) in [5.74, 6) is -0.0550. The van der Waals surface area contributed by atoms with Gasteiger partial charge in [0.25, 0.3) is 0 Å². The molecule has 1 aromatic rings. The topological polar surface area (TPSA) is 70.2 Å². The van der Waals surface area contributed by atoms with Gasteiger partial charge in [0.05, 0.1) is 5.54 Å². The van der Waals surface area contributed by atoms with Crippen LogP contribution in [0, 0.1) is 5.92 Å². The summed E-state index contributed by atoms with van der Waals surface area (Å²) in [4.78, 5) is 24.1. The van der Waals surface area contributed by atoms with Crippen LogP contribution in [0.4, 0.5) is 11.4 Å². The summed E-state index contributed by atoms with van der Waals surface area (Å²) in [5.41, 5.74) is 1.04. The minimum atomic E-state index is -0.440. The highest BCUT2D eigenvalue weighted by molar-refractivity contribution is 5.98. The molecule has 1 aromatic carbocycles. The fourth-order valence-electron chi connectivity index (χ4n) is 2.64. The third kappa shape index (κ3) is 4.69. The summed E-state index contributed by atoms with van der Waals surface area (Å²) in [6.07, 6.45) is 2.68. The molecule has 1 fully saturated rings. The lowest BCUT2D eigenvalue weighted by atomic mass is 9.93. The van der Waals surface area contributed by atoms with Crippen LogP contribution in [0.1, 0.15) is 40.0 Å². The number of carbonyl (C=O) groups is 2. The highest BCUT2D eigenvalue weighted by atomic mass is 35.5. The number of hydrogen-bond donors (Lipinski definition) is 3.